The van der Waals surface area contributed by atoms with Gasteiger partial charge >= 0.3 is 5.24 Å². The van der Waals surface area contributed by atoms with E-state index in [4.69, 9.17) is 9.05 Å². The fourth-order valence-corrected chi connectivity index (χ4v) is 8.45. The van der Waals surface area contributed by atoms with Crippen molar-refractivity contribution in [3.63, 3.8) is 0 Å². The lowest BCUT2D eigenvalue weighted by Gasteiger charge is -2.19. The van der Waals surface area contributed by atoms with Crippen LogP contribution in [0.25, 0.3) is 0 Å². The number of rotatable bonds is 6. The van der Waals surface area contributed by atoms with E-state index in [1.165, 1.54) is 0 Å². The molecule has 0 aliphatic carbocycles. The molecule has 0 aromatic heterocycles. The van der Waals surface area contributed by atoms with Crippen molar-refractivity contribution in [1.29, 1.82) is 0 Å². The molecule has 23 heavy (non-hydrogen) atoms. The lowest BCUT2D eigenvalue weighted by molar-refractivity contribution is 0.412. The minimum atomic E-state index is -3.28. The van der Waals surface area contributed by atoms with E-state index in [0.717, 1.165) is 3.57 Å². The van der Waals surface area contributed by atoms with Crippen LogP contribution in [0.4, 0.5) is 0 Å². The van der Waals surface area contributed by atoms with Crippen LogP contribution in [0, 0.1) is 3.57 Å². The van der Waals surface area contributed by atoms with E-state index >= 15 is 0 Å². The molecule has 3 rings (SSSR count). The van der Waals surface area contributed by atoms with Gasteiger partial charge in [-0.25, -0.2) is 4.57 Å². The van der Waals surface area contributed by atoms with Crippen molar-refractivity contribution < 1.29 is 13.6 Å². The molecule has 0 spiro atoms. The Balaban J connectivity index is 1.87. The summed E-state index contributed by atoms with van der Waals surface area (Å²) in [5, 5.41) is -3.28. The normalized spacial score (nSPS) is 11.0. The van der Waals surface area contributed by atoms with Gasteiger partial charge in [-0.1, -0.05) is 54.6 Å². The predicted octanol–water partition coefficient (Wildman–Crippen LogP) is 6.09. The zero-order valence-electron chi connectivity index (χ0n) is 12.2. The lowest BCUT2D eigenvalue weighted by atomic mass is 10.3. The Morgan fingerprint density at radius 3 is 1.43 bits per heavy atom. The van der Waals surface area contributed by atoms with Gasteiger partial charge in [-0.3, -0.25) is 0 Å². The molecule has 3 aromatic rings. The number of benzene rings is 3. The van der Waals surface area contributed by atoms with E-state index in [-0.39, 0.29) is 0 Å². The molecule has 0 bridgehead atoms. The van der Waals surface area contributed by atoms with Gasteiger partial charge in [0, 0.05) is 24.2 Å². The second kappa shape index (κ2) is 7.66. The maximum Gasteiger partial charge on any atom is 0.485 e. The van der Waals surface area contributed by atoms with Crippen LogP contribution in [-0.4, -0.2) is 0 Å². The first-order chi connectivity index (χ1) is 11.2. The average molecular weight is 437 g/mol. The first kappa shape index (κ1) is 16.1. The summed E-state index contributed by atoms with van der Waals surface area (Å²) in [6.07, 6.45) is 0. The van der Waals surface area contributed by atoms with Crippen LogP contribution >= 0.6 is 25.9 Å². The molecular formula is C18H15IO3P. The maximum atomic E-state index is 13.3. The Bertz CT molecular complexity index is 671. The number of hydrogen-bond donors (Lipinski definition) is 0. The van der Waals surface area contributed by atoms with Gasteiger partial charge in [0.1, 0.15) is 11.5 Å². The molecule has 117 valence electrons. The lowest BCUT2D eigenvalue weighted by Crippen LogP contribution is -1.97. The average Bonchev–Trinajstić information content (AvgIpc) is 2.57. The van der Waals surface area contributed by atoms with Crippen LogP contribution < -0.4 is 9.05 Å². The molecular weight excluding hydrogens is 422 g/mol. The summed E-state index contributed by atoms with van der Waals surface area (Å²) in [7, 11) is 0. The Hall–Kier alpha value is -1.78. The smallest absolute Gasteiger partial charge is 0.409 e. The zero-order valence-corrected chi connectivity index (χ0v) is 15.3. The summed E-state index contributed by atoms with van der Waals surface area (Å²) in [6.45, 7) is 0. The minimum Gasteiger partial charge on any atom is -0.409 e. The summed E-state index contributed by atoms with van der Waals surface area (Å²) < 4.78 is 25.9. The highest BCUT2D eigenvalue weighted by molar-refractivity contribution is 14.3. The highest BCUT2D eigenvalue weighted by Crippen LogP contribution is 2.66. The third-order valence-corrected chi connectivity index (χ3v) is 9.45. The van der Waals surface area contributed by atoms with Gasteiger partial charge < -0.3 is 9.05 Å². The molecule has 3 nitrogen and oxygen atoms in total. The zero-order chi connectivity index (χ0) is 16.0. The molecule has 0 atom stereocenters. The Morgan fingerprint density at radius 1 is 0.609 bits per heavy atom. The first-order valence-electron chi connectivity index (χ1n) is 7.05. The SMILES string of the molecule is O=P(Oc1ccccc1)(Oc1ccccc1)[I]c1ccccc1. The second-order valence-corrected chi connectivity index (χ2v) is 12.3. The molecule has 0 amide bonds. The van der Waals surface area contributed by atoms with Crippen LogP contribution in [0.15, 0.2) is 91.0 Å². The van der Waals surface area contributed by atoms with Crippen LogP contribution in [0.2, 0.25) is 0 Å². The predicted molar refractivity (Wildman–Crippen MR) is 101 cm³/mol. The quantitative estimate of drug-likeness (QED) is 0.346. The fourth-order valence-electron chi connectivity index (χ4n) is 1.86. The van der Waals surface area contributed by atoms with Gasteiger partial charge in [-0.2, -0.15) is 0 Å². The van der Waals surface area contributed by atoms with E-state index in [2.05, 4.69) is 0 Å². The fraction of sp³-hybridized carbons (Fsp3) is 0. The third-order valence-electron chi connectivity index (χ3n) is 2.85. The van der Waals surface area contributed by atoms with Gasteiger partial charge in [-0.05, 0) is 36.4 Å². The molecule has 0 heterocycles. The molecule has 0 unspecified atom stereocenters. The number of para-hydroxylation sites is 2. The summed E-state index contributed by atoms with van der Waals surface area (Å²) in [5.41, 5.74) is 0. The van der Waals surface area contributed by atoms with E-state index in [1.54, 1.807) is 24.3 Å². The van der Waals surface area contributed by atoms with Gasteiger partial charge in [-0.15, -0.1) is 0 Å². The van der Waals surface area contributed by atoms with Crippen molar-refractivity contribution in [3.8, 4) is 11.5 Å². The maximum absolute atomic E-state index is 13.3. The topological polar surface area (TPSA) is 35.5 Å². The van der Waals surface area contributed by atoms with Gasteiger partial charge in [0.25, 0.3) is 0 Å². The van der Waals surface area contributed by atoms with E-state index < -0.39 is 25.9 Å². The van der Waals surface area contributed by atoms with E-state index in [1.807, 2.05) is 66.7 Å². The molecule has 0 fully saturated rings. The molecule has 1 radical (unpaired) electrons. The molecule has 0 saturated heterocycles. The highest BCUT2D eigenvalue weighted by Gasteiger charge is 2.30. The van der Waals surface area contributed by atoms with Crippen molar-refractivity contribution in [1.82, 2.24) is 0 Å². The third kappa shape index (κ3) is 4.85. The molecule has 0 aliphatic heterocycles. The van der Waals surface area contributed by atoms with Gasteiger partial charge in [0.15, 0.2) is 0 Å². The summed E-state index contributed by atoms with van der Waals surface area (Å²) in [6, 6.07) is 28.1. The van der Waals surface area contributed by atoms with Crippen molar-refractivity contribution in [2.24, 2.45) is 0 Å². The molecule has 3 aromatic carbocycles. The first-order valence-corrected chi connectivity index (χ1v) is 12.5. The van der Waals surface area contributed by atoms with E-state index in [9.17, 15) is 4.57 Å². The minimum absolute atomic E-state index is 0.558. The second-order valence-electron chi connectivity index (χ2n) is 4.62. The largest absolute Gasteiger partial charge is 0.485 e. The molecule has 0 aliphatic rings. The Kier molecular flexibility index (Phi) is 5.36. The van der Waals surface area contributed by atoms with Crippen LogP contribution in [-0.2, 0) is 4.57 Å². The monoisotopic (exact) mass is 437 g/mol. The molecule has 5 heteroatoms. The standard InChI is InChI=1S/C18H15IO3P/c20-23(19-16-10-4-1-5-11-16,21-17-12-6-2-7-13-17)22-18-14-8-3-9-15-18/h1-15H. The van der Waals surface area contributed by atoms with Crippen molar-refractivity contribution in [2.45, 2.75) is 0 Å². The number of hydrogen-bond acceptors (Lipinski definition) is 3. The van der Waals surface area contributed by atoms with Gasteiger partial charge in [0.2, 0.25) is 0 Å². The van der Waals surface area contributed by atoms with Crippen molar-refractivity contribution >= 4 is 25.9 Å². The summed E-state index contributed by atoms with van der Waals surface area (Å²) >= 11 is -0.963. The molecule has 0 saturated carbocycles. The summed E-state index contributed by atoms with van der Waals surface area (Å²) in [4.78, 5) is 0. The van der Waals surface area contributed by atoms with Crippen LogP contribution in [0.1, 0.15) is 0 Å². The van der Waals surface area contributed by atoms with Crippen LogP contribution in [0.5, 0.6) is 11.5 Å². The number of halogens is 1. The van der Waals surface area contributed by atoms with Gasteiger partial charge in [0.05, 0.1) is 0 Å². The Morgan fingerprint density at radius 2 is 1.00 bits per heavy atom. The van der Waals surface area contributed by atoms with Crippen molar-refractivity contribution in [2.75, 3.05) is 0 Å². The van der Waals surface area contributed by atoms with E-state index in [0.29, 0.717) is 11.5 Å². The highest BCUT2D eigenvalue weighted by atomic mass is 127. The van der Waals surface area contributed by atoms with Crippen LogP contribution in [0.3, 0.4) is 0 Å². The Labute approximate surface area is 145 Å². The van der Waals surface area contributed by atoms with Crippen molar-refractivity contribution in [3.05, 3.63) is 94.6 Å². The summed E-state index contributed by atoms with van der Waals surface area (Å²) in [5.74, 6) is 1.12. The molecule has 0 N–H and O–H groups in total.